The fourth-order valence-corrected chi connectivity index (χ4v) is 5.25. The summed E-state index contributed by atoms with van der Waals surface area (Å²) in [5.74, 6) is 0.732. The van der Waals surface area contributed by atoms with Crippen LogP contribution < -0.4 is 19.1 Å². The first kappa shape index (κ1) is 23.6. The largest absolute Gasteiger partial charge is 0.491 e. The van der Waals surface area contributed by atoms with E-state index in [2.05, 4.69) is 5.32 Å². The zero-order chi connectivity index (χ0) is 24.3. The number of aryl methyl sites for hydroxylation is 3. The van der Waals surface area contributed by atoms with Gasteiger partial charge in [0.15, 0.2) is 6.10 Å². The maximum Gasteiger partial charge on any atom is 0.264 e. The van der Waals surface area contributed by atoms with Crippen molar-refractivity contribution in [1.29, 1.82) is 0 Å². The molecule has 7 nitrogen and oxygen atoms in total. The van der Waals surface area contributed by atoms with E-state index in [0.29, 0.717) is 11.4 Å². The molecule has 0 saturated heterocycles. The first-order valence-corrected chi connectivity index (χ1v) is 12.5. The van der Waals surface area contributed by atoms with Crippen molar-refractivity contribution in [2.75, 3.05) is 24.0 Å². The average Bonchev–Trinajstić information content (AvgIpc) is 2.83. The first-order chi connectivity index (χ1) is 16.3. The summed E-state index contributed by atoms with van der Waals surface area (Å²) in [6.45, 7) is 6.25. The molecule has 3 aromatic carbocycles. The Balaban J connectivity index is 1.48. The highest BCUT2D eigenvalue weighted by Gasteiger charge is 2.37. The summed E-state index contributed by atoms with van der Waals surface area (Å²) >= 11 is 0. The summed E-state index contributed by atoms with van der Waals surface area (Å²) in [7, 11) is -3.88. The lowest BCUT2D eigenvalue weighted by Gasteiger charge is -2.35. The van der Waals surface area contributed by atoms with Crippen molar-refractivity contribution in [2.24, 2.45) is 0 Å². The standard InChI is InChI=1S/C26H28N2O5S/c1-18-9-11-20(3)23(15-18)32-14-13-27-26(29)25-17-28(22-12-10-19(2)16-24(22)33-25)34(30,31)21-7-5-4-6-8-21/h4-12,15-16,25H,13-14,17H2,1-3H3,(H,27,29)/t25-/m0/s1. The summed E-state index contributed by atoms with van der Waals surface area (Å²) < 4.78 is 39.8. The highest BCUT2D eigenvalue weighted by atomic mass is 32.2. The molecule has 4 rings (SSSR count). The van der Waals surface area contributed by atoms with Crippen molar-refractivity contribution in [1.82, 2.24) is 5.32 Å². The summed E-state index contributed by atoms with van der Waals surface area (Å²) in [6.07, 6.45) is -0.992. The van der Waals surface area contributed by atoms with Crippen LogP contribution in [0, 0.1) is 20.8 Å². The number of benzene rings is 3. The third-order valence-corrected chi connectivity index (χ3v) is 7.40. The second-order valence-corrected chi connectivity index (χ2v) is 10.2. The topological polar surface area (TPSA) is 84.9 Å². The van der Waals surface area contributed by atoms with Gasteiger partial charge in [-0.15, -0.1) is 0 Å². The number of hydrogen-bond acceptors (Lipinski definition) is 5. The van der Waals surface area contributed by atoms with Crippen molar-refractivity contribution >= 4 is 21.6 Å². The van der Waals surface area contributed by atoms with Gasteiger partial charge in [-0.1, -0.05) is 36.4 Å². The minimum Gasteiger partial charge on any atom is -0.491 e. The van der Waals surface area contributed by atoms with Gasteiger partial charge in [-0.05, 0) is 67.8 Å². The highest BCUT2D eigenvalue weighted by molar-refractivity contribution is 7.92. The zero-order valence-corrected chi connectivity index (χ0v) is 20.3. The number of sulfonamides is 1. The third kappa shape index (κ3) is 5.02. The fraction of sp³-hybridized carbons (Fsp3) is 0.269. The summed E-state index contributed by atoms with van der Waals surface area (Å²) in [6, 6.07) is 19.4. The van der Waals surface area contributed by atoms with Gasteiger partial charge >= 0.3 is 0 Å². The minimum absolute atomic E-state index is 0.128. The molecule has 1 aliphatic heterocycles. The van der Waals surface area contributed by atoms with Gasteiger partial charge in [0.1, 0.15) is 18.1 Å². The second-order valence-electron chi connectivity index (χ2n) is 8.34. The van der Waals surface area contributed by atoms with Gasteiger partial charge in [0.2, 0.25) is 0 Å². The van der Waals surface area contributed by atoms with Crippen LogP contribution in [0.3, 0.4) is 0 Å². The van der Waals surface area contributed by atoms with Crippen LogP contribution in [0.25, 0.3) is 0 Å². The SMILES string of the molecule is Cc1ccc(C)c(OCCNC(=O)[C@@H]2CN(S(=O)(=O)c3ccccc3)c3ccc(C)cc3O2)c1. The van der Waals surface area contributed by atoms with Gasteiger partial charge in [-0.2, -0.15) is 0 Å². The Hall–Kier alpha value is -3.52. The number of ether oxygens (including phenoxy) is 2. The van der Waals surface area contributed by atoms with Gasteiger partial charge in [0.05, 0.1) is 23.7 Å². The van der Waals surface area contributed by atoms with Crippen molar-refractivity contribution in [3.8, 4) is 11.5 Å². The van der Waals surface area contributed by atoms with Crippen LogP contribution in [0.15, 0.2) is 71.6 Å². The van der Waals surface area contributed by atoms with Crippen molar-refractivity contribution < 1.29 is 22.7 Å². The molecular formula is C26H28N2O5S. The maximum absolute atomic E-state index is 13.4. The van der Waals surface area contributed by atoms with Crippen molar-refractivity contribution in [3.63, 3.8) is 0 Å². The maximum atomic E-state index is 13.4. The number of fused-ring (bicyclic) bond motifs is 1. The Kier molecular flexibility index (Phi) is 6.79. The molecule has 0 bridgehead atoms. The molecule has 0 spiro atoms. The van der Waals surface area contributed by atoms with Gasteiger partial charge in [-0.25, -0.2) is 8.42 Å². The van der Waals surface area contributed by atoms with Crippen LogP contribution in [0.2, 0.25) is 0 Å². The number of rotatable bonds is 7. The molecule has 0 radical (unpaired) electrons. The number of anilines is 1. The van der Waals surface area contributed by atoms with Crippen molar-refractivity contribution in [2.45, 2.75) is 31.8 Å². The molecule has 0 saturated carbocycles. The van der Waals surface area contributed by atoms with E-state index in [4.69, 9.17) is 9.47 Å². The van der Waals surface area contributed by atoms with Gasteiger partial charge in [-0.3, -0.25) is 9.10 Å². The fourth-order valence-electron chi connectivity index (χ4n) is 3.76. The number of carbonyl (C=O) groups excluding carboxylic acids is 1. The van der Waals surface area contributed by atoms with Gasteiger partial charge in [0, 0.05) is 0 Å². The molecule has 1 amide bonds. The Morgan fingerprint density at radius 1 is 1.03 bits per heavy atom. The molecule has 0 fully saturated rings. The molecule has 0 aromatic heterocycles. The minimum atomic E-state index is -3.88. The van der Waals surface area contributed by atoms with Crippen LogP contribution in [0.4, 0.5) is 5.69 Å². The molecule has 34 heavy (non-hydrogen) atoms. The predicted octanol–water partition coefficient (Wildman–Crippen LogP) is 3.76. The zero-order valence-electron chi connectivity index (χ0n) is 19.4. The smallest absolute Gasteiger partial charge is 0.264 e. The Bertz CT molecular complexity index is 1290. The van der Waals surface area contributed by atoms with Gasteiger partial charge in [0.25, 0.3) is 15.9 Å². The molecule has 1 atom stereocenters. The third-order valence-electron chi connectivity index (χ3n) is 5.61. The number of carbonyl (C=O) groups is 1. The molecule has 1 N–H and O–H groups in total. The molecule has 3 aromatic rings. The lowest BCUT2D eigenvalue weighted by molar-refractivity contribution is -0.127. The predicted molar refractivity (Wildman–Crippen MR) is 131 cm³/mol. The number of amides is 1. The highest BCUT2D eigenvalue weighted by Crippen LogP contribution is 2.37. The van der Waals surface area contributed by atoms with Crippen LogP contribution in [0.1, 0.15) is 16.7 Å². The molecule has 1 aliphatic rings. The lowest BCUT2D eigenvalue weighted by Crippen LogP contribution is -2.51. The second kappa shape index (κ2) is 9.77. The normalized spacial score (nSPS) is 15.3. The van der Waals surface area contributed by atoms with E-state index in [-0.39, 0.29) is 24.6 Å². The van der Waals surface area contributed by atoms with Crippen LogP contribution >= 0.6 is 0 Å². The van der Waals surface area contributed by atoms with E-state index in [1.165, 1.54) is 4.31 Å². The van der Waals surface area contributed by atoms with Crippen molar-refractivity contribution in [3.05, 3.63) is 83.4 Å². The Morgan fingerprint density at radius 2 is 1.74 bits per heavy atom. The Labute approximate surface area is 200 Å². The number of hydrogen-bond donors (Lipinski definition) is 1. The first-order valence-electron chi connectivity index (χ1n) is 11.1. The monoisotopic (exact) mass is 480 g/mol. The van der Waals surface area contributed by atoms with E-state index in [1.54, 1.807) is 42.5 Å². The van der Waals surface area contributed by atoms with Crippen LogP contribution in [-0.4, -0.2) is 40.1 Å². The molecular weight excluding hydrogens is 452 g/mol. The average molecular weight is 481 g/mol. The molecule has 0 unspecified atom stereocenters. The Morgan fingerprint density at radius 3 is 2.50 bits per heavy atom. The van der Waals surface area contributed by atoms with E-state index < -0.39 is 22.0 Å². The number of nitrogens with zero attached hydrogens (tertiary/aromatic N) is 1. The van der Waals surface area contributed by atoms with E-state index in [1.807, 2.05) is 45.0 Å². The number of nitrogens with one attached hydrogen (secondary N) is 1. The van der Waals surface area contributed by atoms with Crippen LogP contribution in [0.5, 0.6) is 11.5 Å². The van der Waals surface area contributed by atoms with E-state index >= 15 is 0 Å². The summed E-state index contributed by atoms with van der Waals surface area (Å²) in [5, 5.41) is 2.80. The lowest BCUT2D eigenvalue weighted by atomic mass is 10.1. The molecule has 178 valence electrons. The molecule has 8 heteroatoms. The quantitative estimate of drug-likeness (QED) is 0.521. The van der Waals surface area contributed by atoms with E-state index in [0.717, 1.165) is 22.4 Å². The summed E-state index contributed by atoms with van der Waals surface area (Å²) in [4.78, 5) is 13.1. The van der Waals surface area contributed by atoms with Crippen LogP contribution in [-0.2, 0) is 14.8 Å². The molecule has 0 aliphatic carbocycles. The van der Waals surface area contributed by atoms with E-state index in [9.17, 15) is 13.2 Å². The molecule has 1 heterocycles. The summed E-state index contributed by atoms with van der Waals surface area (Å²) in [5.41, 5.74) is 3.42. The van der Waals surface area contributed by atoms with Gasteiger partial charge < -0.3 is 14.8 Å².